The number of hydroxylamine groups is 2. The molecule has 0 saturated carbocycles. The number of carbonyl (C=O) groups excluding carboxylic acids is 2. The topological polar surface area (TPSA) is 59.1 Å². The zero-order valence-corrected chi connectivity index (χ0v) is 18.8. The highest BCUT2D eigenvalue weighted by atomic mass is 35.5. The van der Waals surface area contributed by atoms with E-state index in [1.165, 1.54) is 10.1 Å². The molecule has 1 aromatic rings. The zero-order valence-electron chi connectivity index (χ0n) is 17.3. The fourth-order valence-electron chi connectivity index (χ4n) is 3.03. The minimum Gasteiger partial charge on any atom is -0.274 e. The molecule has 30 heavy (non-hydrogen) atoms. The Morgan fingerprint density at radius 2 is 1.13 bits per heavy atom. The number of nitrogens with zero attached hydrogens (tertiary/aromatic N) is 2. The van der Waals surface area contributed by atoms with Crippen molar-refractivity contribution in [2.75, 3.05) is 23.3 Å². The number of anilines is 2. The third kappa shape index (κ3) is 4.62. The van der Waals surface area contributed by atoms with Crippen molar-refractivity contribution in [2.24, 2.45) is 11.8 Å². The van der Waals surface area contributed by atoms with Crippen LogP contribution in [0.5, 0.6) is 0 Å². The number of fused-ring (bicyclic) bond motifs is 3. The highest BCUT2D eigenvalue weighted by Gasteiger charge is 2.32. The smallest absolute Gasteiger partial charge is 0.271 e. The Bertz CT molecular complexity index is 961. The van der Waals surface area contributed by atoms with Gasteiger partial charge in [-0.2, -0.15) is 0 Å². The van der Waals surface area contributed by atoms with Crippen molar-refractivity contribution in [1.82, 2.24) is 0 Å². The Morgan fingerprint density at radius 1 is 0.767 bits per heavy atom. The molecule has 0 aromatic heterocycles. The van der Waals surface area contributed by atoms with Gasteiger partial charge in [-0.05, 0) is 47.2 Å². The van der Waals surface area contributed by atoms with Crippen molar-refractivity contribution in [3.05, 3.63) is 46.1 Å². The molecule has 0 spiro atoms. The van der Waals surface area contributed by atoms with Crippen molar-refractivity contribution < 1.29 is 19.3 Å². The standard InChI is InChI=1S/C22H24Cl2N2O4/c1-13(2)11-29-25-17(21(23)27)9-7-15-5-6-16-8-10-18(22(24)28)26(20(16)19(15)25)30-12-14(3)4/h5-10,13-14H,11-12H2,1-4H3. The van der Waals surface area contributed by atoms with Gasteiger partial charge < -0.3 is 0 Å². The van der Waals surface area contributed by atoms with Crippen LogP contribution in [0.4, 0.5) is 11.4 Å². The molecule has 0 amide bonds. The van der Waals surface area contributed by atoms with Gasteiger partial charge in [0.05, 0.1) is 13.2 Å². The summed E-state index contributed by atoms with van der Waals surface area (Å²) >= 11 is 11.7. The molecule has 6 nitrogen and oxygen atoms in total. The molecule has 3 rings (SSSR count). The largest absolute Gasteiger partial charge is 0.274 e. The van der Waals surface area contributed by atoms with E-state index in [0.717, 1.165) is 10.4 Å². The highest BCUT2D eigenvalue weighted by Crippen LogP contribution is 2.33. The van der Waals surface area contributed by atoms with Gasteiger partial charge in [0.25, 0.3) is 10.5 Å². The molecule has 0 aliphatic carbocycles. The van der Waals surface area contributed by atoms with Crippen molar-refractivity contribution in [3.63, 3.8) is 0 Å². The van der Waals surface area contributed by atoms with Crippen LogP contribution >= 0.6 is 23.2 Å². The minimum absolute atomic E-state index is 0.176. The molecule has 2 heterocycles. The van der Waals surface area contributed by atoms with Crippen LogP contribution in [0.1, 0.15) is 27.7 Å². The first-order valence-electron chi connectivity index (χ1n) is 9.73. The van der Waals surface area contributed by atoms with Crippen LogP contribution in [0.3, 0.4) is 0 Å². The summed E-state index contributed by atoms with van der Waals surface area (Å²) in [6.07, 6.45) is 6.78. The van der Waals surface area contributed by atoms with E-state index >= 15 is 0 Å². The van der Waals surface area contributed by atoms with Gasteiger partial charge in [-0.3, -0.25) is 19.3 Å². The summed E-state index contributed by atoms with van der Waals surface area (Å²) in [7, 11) is 0. The van der Waals surface area contributed by atoms with Crippen molar-refractivity contribution in [2.45, 2.75) is 27.7 Å². The number of rotatable bonds is 8. The molecule has 0 bridgehead atoms. The maximum Gasteiger partial charge on any atom is 0.271 e. The van der Waals surface area contributed by atoms with Gasteiger partial charge in [-0.25, -0.2) is 10.1 Å². The second-order valence-corrected chi connectivity index (χ2v) is 8.58. The monoisotopic (exact) mass is 450 g/mol. The maximum atomic E-state index is 12.1. The lowest BCUT2D eigenvalue weighted by Gasteiger charge is -2.35. The average molecular weight is 451 g/mol. The Kier molecular flexibility index (Phi) is 7.03. The number of allylic oxidation sites excluding steroid dienone is 4. The number of hydrogen-bond donors (Lipinski definition) is 0. The number of hydrogen-bond acceptors (Lipinski definition) is 6. The van der Waals surface area contributed by atoms with Crippen LogP contribution in [-0.2, 0) is 19.3 Å². The summed E-state index contributed by atoms with van der Waals surface area (Å²) < 4.78 is 0. The van der Waals surface area contributed by atoms with E-state index in [4.69, 9.17) is 32.9 Å². The lowest BCUT2D eigenvalue weighted by Crippen LogP contribution is -2.41. The molecule has 0 unspecified atom stereocenters. The maximum absolute atomic E-state index is 12.1. The van der Waals surface area contributed by atoms with Crippen LogP contribution in [-0.4, -0.2) is 23.7 Å². The van der Waals surface area contributed by atoms with Crippen molar-refractivity contribution in [1.29, 1.82) is 0 Å². The molecule has 0 fully saturated rings. The lowest BCUT2D eigenvalue weighted by atomic mass is 10.1. The summed E-state index contributed by atoms with van der Waals surface area (Å²) in [5.74, 6) is 0.426. The summed E-state index contributed by atoms with van der Waals surface area (Å²) in [6, 6.07) is 3.81. The molecule has 1 aromatic carbocycles. The van der Waals surface area contributed by atoms with Crippen LogP contribution < -0.4 is 20.6 Å². The van der Waals surface area contributed by atoms with Gasteiger partial charge in [-0.15, -0.1) is 0 Å². The van der Waals surface area contributed by atoms with E-state index in [1.807, 2.05) is 39.8 Å². The van der Waals surface area contributed by atoms with E-state index in [2.05, 4.69) is 0 Å². The Labute approximate surface area is 185 Å². The van der Waals surface area contributed by atoms with Gasteiger partial charge in [0.2, 0.25) is 0 Å². The summed E-state index contributed by atoms with van der Waals surface area (Å²) in [5, 5.41) is 3.10. The fourth-order valence-corrected chi connectivity index (χ4v) is 3.31. The quantitative estimate of drug-likeness (QED) is 0.565. The third-order valence-corrected chi connectivity index (χ3v) is 4.76. The van der Waals surface area contributed by atoms with E-state index in [0.29, 0.717) is 24.6 Å². The Hall–Kier alpha value is -2.12. The van der Waals surface area contributed by atoms with Gasteiger partial charge in [0.15, 0.2) is 0 Å². The fraction of sp³-hybridized carbons (Fsp3) is 0.364. The molecule has 0 saturated heterocycles. The summed E-state index contributed by atoms with van der Waals surface area (Å²) in [4.78, 5) is 36.2. The molecule has 8 heteroatoms. The van der Waals surface area contributed by atoms with Gasteiger partial charge in [0, 0.05) is 10.4 Å². The first-order valence-corrected chi connectivity index (χ1v) is 10.5. The van der Waals surface area contributed by atoms with Gasteiger partial charge >= 0.3 is 0 Å². The number of benzene rings is 1. The van der Waals surface area contributed by atoms with Crippen molar-refractivity contribution in [3.8, 4) is 0 Å². The molecular formula is C22H24Cl2N2O4. The molecule has 0 atom stereocenters. The molecule has 2 aliphatic rings. The van der Waals surface area contributed by atoms with Gasteiger partial charge in [-0.1, -0.05) is 52.0 Å². The molecule has 160 valence electrons. The molecule has 0 radical (unpaired) electrons. The van der Waals surface area contributed by atoms with Crippen molar-refractivity contribution >= 4 is 57.2 Å². The summed E-state index contributed by atoms with van der Waals surface area (Å²) in [6.45, 7) is 8.73. The minimum atomic E-state index is -0.656. The van der Waals surface area contributed by atoms with Crippen LogP contribution in [0.2, 0.25) is 0 Å². The predicted molar refractivity (Wildman–Crippen MR) is 119 cm³/mol. The van der Waals surface area contributed by atoms with E-state index in [-0.39, 0.29) is 23.2 Å². The predicted octanol–water partition coefficient (Wildman–Crippen LogP) is 3.36. The van der Waals surface area contributed by atoms with E-state index < -0.39 is 10.5 Å². The SMILES string of the molecule is CC(C)CON1C(C(=O)Cl)=CC=c2ccc3c(c21)N(OCC(C)C)C(C(=O)Cl)=CC=3. The second kappa shape index (κ2) is 9.35. The van der Waals surface area contributed by atoms with E-state index in [9.17, 15) is 9.59 Å². The summed E-state index contributed by atoms with van der Waals surface area (Å²) in [5.41, 5.74) is 1.47. The molecule has 0 N–H and O–H groups in total. The molecular weight excluding hydrogens is 427 g/mol. The molecule has 2 aliphatic heterocycles. The highest BCUT2D eigenvalue weighted by molar-refractivity contribution is 6.68. The Morgan fingerprint density at radius 3 is 1.43 bits per heavy atom. The number of halogens is 2. The van der Waals surface area contributed by atoms with Crippen LogP contribution in [0, 0.1) is 11.8 Å². The van der Waals surface area contributed by atoms with Crippen LogP contribution in [0.25, 0.3) is 12.2 Å². The lowest BCUT2D eigenvalue weighted by molar-refractivity contribution is -0.110. The van der Waals surface area contributed by atoms with E-state index in [1.54, 1.807) is 24.3 Å². The number of carbonyl (C=O) groups is 2. The first-order chi connectivity index (χ1) is 14.2. The zero-order chi connectivity index (χ0) is 22.0. The second-order valence-electron chi connectivity index (χ2n) is 7.89. The van der Waals surface area contributed by atoms with Gasteiger partial charge in [0.1, 0.15) is 22.8 Å². The Balaban J connectivity index is 2.21. The van der Waals surface area contributed by atoms with Crippen LogP contribution in [0.15, 0.2) is 35.7 Å². The third-order valence-electron chi connectivity index (χ3n) is 4.38. The average Bonchev–Trinajstić information content (AvgIpc) is 2.68. The first kappa shape index (κ1) is 22.6. The normalized spacial score (nSPS) is 15.2.